The quantitative estimate of drug-likeness (QED) is 0.329. The van der Waals surface area contributed by atoms with Crippen molar-refractivity contribution in [1.82, 2.24) is 0 Å². The molecule has 2 saturated heterocycles. The molecule has 8 aliphatic carbocycles. The highest BCUT2D eigenvalue weighted by Gasteiger charge is 2.55. The Hall–Kier alpha value is -1.78. The predicted molar refractivity (Wildman–Crippen MR) is 154 cm³/mol. The smallest absolute Gasteiger partial charge is 0.124 e. The van der Waals surface area contributed by atoms with Crippen LogP contribution >= 0.6 is 0 Å². The molecule has 2 aliphatic heterocycles. The Morgan fingerprint density at radius 1 is 0.600 bits per heavy atom. The molecule has 40 heavy (non-hydrogen) atoms. The molecule has 212 valence electrons. The summed E-state index contributed by atoms with van der Waals surface area (Å²) in [4.78, 5) is 0. The molecule has 2 aromatic carbocycles. The monoisotopic (exact) mass is 540 g/mol. The van der Waals surface area contributed by atoms with Gasteiger partial charge in [-0.05, 0) is 153 Å². The van der Waals surface area contributed by atoms with E-state index in [4.69, 9.17) is 18.9 Å². The zero-order chi connectivity index (χ0) is 26.1. The minimum Gasteiger partial charge on any atom is -0.491 e. The van der Waals surface area contributed by atoms with E-state index in [0.29, 0.717) is 18.6 Å². The fourth-order valence-corrected chi connectivity index (χ4v) is 12.1. The van der Waals surface area contributed by atoms with Gasteiger partial charge in [0.2, 0.25) is 0 Å². The standard InChI is InChI=1S/C36H44O4/c1-2-30-31(9-27(1)37-17-28-18-38-28)32(35-11-21-3-22(12-35)5-23(4-21)13-35)10-33(40-20-29-19-39-29)34(30)36-14-24-6-25(15-36)8-26(7-24)16-36/h1-2,9-10,21-26,28-29H,3-8,11-20H2. The summed E-state index contributed by atoms with van der Waals surface area (Å²) in [5.41, 5.74) is 3.74. The summed E-state index contributed by atoms with van der Waals surface area (Å²) in [6.07, 6.45) is 17.6. The maximum absolute atomic E-state index is 6.91. The van der Waals surface area contributed by atoms with Crippen LogP contribution in [0.25, 0.3) is 10.8 Å². The summed E-state index contributed by atoms with van der Waals surface area (Å²) in [5.74, 6) is 7.71. The molecule has 2 heterocycles. The third kappa shape index (κ3) is 3.77. The number of hydrogen-bond acceptors (Lipinski definition) is 4. The van der Waals surface area contributed by atoms with E-state index in [1.165, 1.54) is 93.6 Å². The Morgan fingerprint density at radius 2 is 1.10 bits per heavy atom. The van der Waals surface area contributed by atoms with Gasteiger partial charge in [-0.25, -0.2) is 0 Å². The molecule has 4 nitrogen and oxygen atoms in total. The molecule has 8 saturated carbocycles. The maximum atomic E-state index is 6.91. The first-order valence-corrected chi connectivity index (χ1v) is 16.7. The lowest BCUT2D eigenvalue weighted by molar-refractivity contribution is -0.00698. The van der Waals surface area contributed by atoms with Crippen molar-refractivity contribution in [3.8, 4) is 11.5 Å². The number of ether oxygens (including phenoxy) is 4. The van der Waals surface area contributed by atoms with Gasteiger partial charge in [-0.2, -0.15) is 0 Å². The minimum atomic E-state index is 0.275. The van der Waals surface area contributed by atoms with Crippen LogP contribution in [0.3, 0.4) is 0 Å². The van der Waals surface area contributed by atoms with Crippen molar-refractivity contribution in [2.75, 3.05) is 26.4 Å². The van der Waals surface area contributed by atoms with Crippen molar-refractivity contribution < 1.29 is 18.9 Å². The van der Waals surface area contributed by atoms with Gasteiger partial charge >= 0.3 is 0 Å². The second-order valence-electron chi connectivity index (χ2n) is 15.9. The summed E-state index contributed by atoms with van der Waals surface area (Å²) < 4.78 is 24.4. The maximum Gasteiger partial charge on any atom is 0.124 e. The molecular weight excluding hydrogens is 496 g/mol. The van der Waals surface area contributed by atoms with Gasteiger partial charge in [-0.3, -0.25) is 0 Å². The molecule has 0 aromatic heterocycles. The van der Waals surface area contributed by atoms with Gasteiger partial charge in [-0.15, -0.1) is 0 Å². The lowest BCUT2D eigenvalue weighted by Crippen LogP contribution is -2.49. The predicted octanol–water partition coefficient (Wildman–Crippen LogP) is 7.33. The van der Waals surface area contributed by atoms with E-state index in [1.54, 1.807) is 11.1 Å². The summed E-state index contributed by atoms with van der Waals surface area (Å²) in [6.45, 7) is 3.07. The van der Waals surface area contributed by atoms with Crippen LogP contribution in [-0.2, 0) is 20.3 Å². The highest BCUT2D eigenvalue weighted by Crippen LogP contribution is 2.65. The van der Waals surface area contributed by atoms with Gasteiger partial charge in [0.15, 0.2) is 0 Å². The first-order valence-electron chi connectivity index (χ1n) is 16.7. The molecule has 0 amide bonds. The number of fused-ring (bicyclic) bond motifs is 1. The average Bonchev–Trinajstić information content (AvgIpc) is 3.84. The van der Waals surface area contributed by atoms with Gasteiger partial charge < -0.3 is 18.9 Å². The zero-order valence-corrected chi connectivity index (χ0v) is 23.9. The summed E-state index contributed by atoms with van der Waals surface area (Å²) >= 11 is 0. The van der Waals surface area contributed by atoms with Gasteiger partial charge in [-0.1, -0.05) is 6.07 Å². The van der Waals surface area contributed by atoms with Crippen molar-refractivity contribution >= 4 is 10.8 Å². The summed E-state index contributed by atoms with van der Waals surface area (Å²) in [5, 5.41) is 2.97. The van der Waals surface area contributed by atoms with Crippen molar-refractivity contribution in [2.45, 2.75) is 100 Å². The molecule has 0 N–H and O–H groups in total. The van der Waals surface area contributed by atoms with Crippen LogP contribution in [0.2, 0.25) is 0 Å². The second kappa shape index (κ2) is 8.40. The van der Waals surface area contributed by atoms with Crippen LogP contribution in [0.1, 0.15) is 88.2 Å². The highest BCUT2D eigenvalue weighted by molar-refractivity contribution is 5.94. The molecule has 0 spiro atoms. The first-order chi connectivity index (χ1) is 19.6. The SMILES string of the molecule is c1cc2c(C34CC5CC(CC(C5)C3)C4)c(OCC3CO3)cc(C34CC5CC(CC(C5)C3)C4)c2cc1OCC1CO1. The Bertz CT molecular complexity index is 1280. The topological polar surface area (TPSA) is 43.5 Å². The summed E-state index contributed by atoms with van der Waals surface area (Å²) in [7, 11) is 0. The molecule has 2 unspecified atom stereocenters. The average molecular weight is 541 g/mol. The molecule has 12 rings (SSSR count). The van der Waals surface area contributed by atoms with Crippen molar-refractivity contribution in [3.05, 3.63) is 35.4 Å². The Kier molecular flexibility index (Phi) is 4.99. The Morgan fingerprint density at radius 3 is 1.62 bits per heavy atom. The number of hydrogen-bond donors (Lipinski definition) is 0. The van der Waals surface area contributed by atoms with Crippen LogP contribution in [0.4, 0.5) is 0 Å². The number of rotatable bonds is 8. The van der Waals surface area contributed by atoms with E-state index in [0.717, 1.165) is 54.5 Å². The van der Waals surface area contributed by atoms with Crippen LogP contribution in [0, 0.1) is 35.5 Å². The third-order valence-corrected chi connectivity index (χ3v) is 12.9. The molecule has 2 atom stereocenters. The van der Waals surface area contributed by atoms with Crippen molar-refractivity contribution in [1.29, 1.82) is 0 Å². The number of benzene rings is 2. The van der Waals surface area contributed by atoms with E-state index < -0.39 is 0 Å². The van der Waals surface area contributed by atoms with E-state index in [1.807, 2.05) is 0 Å². The third-order valence-electron chi connectivity index (χ3n) is 12.9. The first kappa shape index (κ1) is 23.7. The van der Waals surface area contributed by atoms with Gasteiger partial charge in [0.05, 0.1) is 13.2 Å². The van der Waals surface area contributed by atoms with Crippen molar-refractivity contribution in [3.63, 3.8) is 0 Å². The molecule has 8 bridgehead atoms. The van der Waals surface area contributed by atoms with Crippen LogP contribution in [-0.4, -0.2) is 38.6 Å². The van der Waals surface area contributed by atoms with Gasteiger partial charge in [0, 0.05) is 11.0 Å². The minimum absolute atomic E-state index is 0.275. The zero-order valence-electron chi connectivity index (χ0n) is 23.9. The van der Waals surface area contributed by atoms with E-state index in [-0.39, 0.29) is 17.6 Å². The normalized spacial score (nSPS) is 45.3. The largest absolute Gasteiger partial charge is 0.491 e. The molecule has 10 fully saturated rings. The fourth-order valence-electron chi connectivity index (χ4n) is 12.1. The van der Waals surface area contributed by atoms with E-state index >= 15 is 0 Å². The molecule has 4 heteroatoms. The molecule has 0 radical (unpaired) electrons. The summed E-state index contributed by atoms with van der Waals surface area (Å²) in [6, 6.07) is 9.73. The second-order valence-corrected chi connectivity index (χ2v) is 15.9. The van der Waals surface area contributed by atoms with Crippen LogP contribution in [0.5, 0.6) is 11.5 Å². The van der Waals surface area contributed by atoms with E-state index in [9.17, 15) is 0 Å². The lowest BCUT2D eigenvalue weighted by atomic mass is 9.46. The van der Waals surface area contributed by atoms with Crippen molar-refractivity contribution in [2.24, 2.45) is 35.5 Å². The Labute approximate surface area is 238 Å². The highest BCUT2D eigenvalue weighted by atomic mass is 16.6. The Balaban J connectivity index is 1.17. The molecular formula is C36H44O4. The lowest BCUT2D eigenvalue weighted by Gasteiger charge is -2.58. The number of epoxide rings is 2. The van der Waals surface area contributed by atoms with Crippen LogP contribution < -0.4 is 9.47 Å². The fraction of sp³-hybridized carbons (Fsp3) is 0.722. The van der Waals surface area contributed by atoms with Gasteiger partial charge in [0.25, 0.3) is 0 Å². The van der Waals surface area contributed by atoms with Gasteiger partial charge in [0.1, 0.15) is 36.9 Å². The molecule has 10 aliphatic rings. The van der Waals surface area contributed by atoms with E-state index in [2.05, 4.69) is 24.3 Å². The molecule has 2 aromatic rings. The van der Waals surface area contributed by atoms with Crippen LogP contribution in [0.15, 0.2) is 24.3 Å².